The summed E-state index contributed by atoms with van der Waals surface area (Å²) in [6.45, 7) is 2.97. The van der Waals surface area contributed by atoms with Crippen LogP contribution in [0.15, 0.2) is 48.9 Å². The van der Waals surface area contributed by atoms with E-state index in [9.17, 15) is 0 Å². The van der Waals surface area contributed by atoms with Crippen LogP contribution < -0.4 is 15.4 Å². The van der Waals surface area contributed by atoms with Crippen molar-refractivity contribution in [1.29, 1.82) is 0 Å². The number of nitrogens with one attached hydrogen (secondary N) is 3. The second-order valence-corrected chi connectivity index (χ2v) is 9.94. The normalized spacial score (nSPS) is 21.9. The lowest BCUT2D eigenvalue weighted by atomic mass is 9.81. The van der Waals surface area contributed by atoms with Crippen molar-refractivity contribution in [3.8, 4) is 5.75 Å². The highest BCUT2D eigenvalue weighted by atomic mass is 16.5. The molecule has 6 heterocycles. The smallest absolute Gasteiger partial charge is 0.153 e. The third kappa shape index (κ3) is 4.70. The van der Waals surface area contributed by atoms with Crippen LogP contribution in [0.2, 0.25) is 0 Å². The lowest BCUT2D eigenvalue weighted by Crippen LogP contribution is -2.54. The van der Waals surface area contributed by atoms with Crippen LogP contribution in [0, 0.1) is 6.92 Å². The van der Waals surface area contributed by atoms with Gasteiger partial charge in [-0.25, -0.2) is 4.98 Å². The molecular weight excluding hydrogens is 452 g/mol. The number of hydrogen-bond donors (Lipinski definition) is 3. The zero-order valence-electron chi connectivity index (χ0n) is 20.7. The van der Waals surface area contributed by atoms with Crippen molar-refractivity contribution in [2.75, 3.05) is 17.7 Å². The predicted molar refractivity (Wildman–Crippen MR) is 141 cm³/mol. The summed E-state index contributed by atoms with van der Waals surface area (Å²) in [5, 5.41) is 15.4. The molecule has 4 aromatic heterocycles. The number of aromatic amines is 1. The first-order valence-electron chi connectivity index (χ1n) is 12.7. The fourth-order valence-corrected chi connectivity index (χ4v) is 5.75. The van der Waals surface area contributed by atoms with Gasteiger partial charge in [-0.3, -0.25) is 20.0 Å². The van der Waals surface area contributed by atoms with Gasteiger partial charge >= 0.3 is 0 Å². The van der Waals surface area contributed by atoms with Crippen molar-refractivity contribution in [2.45, 2.75) is 63.7 Å². The molecule has 0 amide bonds. The first kappa shape index (κ1) is 22.7. The van der Waals surface area contributed by atoms with E-state index in [0.717, 1.165) is 53.4 Å². The molecule has 4 aromatic rings. The third-order valence-electron chi connectivity index (χ3n) is 7.43. The fraction of sp³-hybridized carbons (Fsp3) is 0.407. The molecule has 6 rings (SSSR count). The van der Waals surface area contributed by atoms with E-state index in [4.69, 9.17) is 9.72 Å². The molecule has 0 aliphatic carbocycles. The van der Waals surface area contributed by atoms with Crippen LogP contribution in [-0.4, -0.2) is 55.3 Å². The Morgan fingerprint density at radius 1 is 1.08 bits per heavy atom. The van der Waals surface area contributed by atoms with E-state index >= 15 is 0 Å². The summed E-state index contributed by atoms with van der Waals surface area (Å²) >= 11 is 0. The van der Waals surface area contributed by atoms with E-state index in [-0.39, 0.29) is 0 Å². The standard InChI is InChI=1S/C27H32N8O/c1-17-10-26(34-33-17)31-25-14-24-23(13-22(36-2)15-29-24)27(32-25)30-19-11-20-4-3-5-21(12-19)35(20)16-18-6-8-28-9-7-18/h6-10,13-15,19-21H,3-5,11-12,16H2,1-2H3,(H3,30,31,32,33,34)/t19?,20-,21+. The van der Waals surface area contributed by atoms with Crippen molar-refractivity contribution < 1.29 is 4.74 Å². The summed E-state index contributed by atoms with van der Waals surface area (Å²) in [4.78, 5) is 16.5. The molecule has 3 N–H and O–H groups in total. The van der Waals surface area contributed by atoms with Crippen molar-refractivity contribution >= 4 is 28.4 Å². The van der Waals surface area contributed by atoms with Crippen LogP contribution in [0.4, 0.5) is 17.5 Å². The molecule has 9 nitrogen and oxygen atoms in total. The minimum Gasteiger partial charge on any atom is -0.495 e. The lowest BCUT2D eigenvalue weighted by Gasteiger charge is -2.49. The average Bonchev–Trinajstić information content (AvgIpc) is 3.29. The quantitative estimate of drug-likeness (QED) is 0.343. The molecule has 2 saturated heterocycles. The van der Waals surface area contributed by atoms with Gasteiger partial charge in [0.1, 0.15) is 17.4 Å². The molecule has 36 heavy (non-hydrogen) atoms. The average molecular weight is 485 g/mol. The minimum atomic E-state index is 0.346. The van der Waals surface area contributed by atoms with Gasteiger partial charge in [0.05, 0.1) is 18.8 Å². The largest absolute Gasteiger partial charge is 0.495 e. The van der Waals surface area contributed by atoms with Gasteiger partial charge in [0.25, 0.3) is 0 Å². The predicted octanol–water partition coefficient (Wildman–Crippen LogP) is 4.81. The van der Waals surface area contributed by atoms with Gasteiger partial charge in [0, 0.05) is 60.3 Å². The molecule has 3 atom stereocenters. The SMILES string of the molecule is COc1cnc2cc(Nc3cc(C)[nH]n3)nc(NC3C[C@H]4CCC[C@@H](C3)N4Cc3ccncc3)c2c1. The summed E-state index contributed by atoms with van der Waals surface area (Å²) in [6, 6.07) is 11.7. The number of ether oxygens (including phenoxy) is 1. The molecule has 2 fully saturated rings. The molecule has 1 unspecified atom stereocenters. The van der Waals surface area contributed by atoms with Gasteiger partial charge in [-0.2, -0.15) is 5.10 Å². The monoisotopic (exact) mass is 484 g/mol. The van der Waals surface area contributed by atoms with Crippen molar-refractivity contribution in [3.63, 3.8) is 0 Å². The molecule has 0 spiro atoms. The topological polar surface area (TPSA) is 104 Å². The van der Waals surface area contributed by atoms with E-state index in [2.05, 4.69) is 47.8 Å². The number of H-pyrrole nitrogens is 1. The Bertz CT molecular complexity index is 1330. The Kier molecular flexibility index (Phi) is 6.14. The Morgan fingerprint density at radius 2 is 1.89 bits per heavy atom. The van der Waals surface area contributed by atoms with E-state index in [0.29, 0.717) is 23.9 Å². The first-order chi connectivity index (χ1) is 17.6. The molecule has 0 radical (unpaired) electrons. The lowest BCUT2D eigenvalue weighted by molar-refractivity contribution is 0.0277. The fourth-order valence-electron chi connectivity index (χ4n) is 5.75. The van der Waals surface area contributed by atoms with Crippen molar-refractivity contribution in [1.82, 2.24) is 30.0 Å². The highest BCUT2D eigenvalue weighted by molar-refractivity contribution is 5.92. The second-order valence-electron chi connectivity index (χ2n) is 9.94. The molecule has 2 aliphatic rings. The second kappa shape index (κ2) is 9.73. The molecule has 9 heteroatoms. The number of aromatic nitrogens is 5. The van der Waals surface area contributed by atoms with Crippen LogP contribution >= 0.6 is 0 Å². The van der Waals surface area contributed by atoms with Crippen LogP contribution in [0.1, 0.15) is 43.4 Å². The molecule has 0 aromatic carbocycles. The number of nitrogens with zero attached hydrogens (tertiary/aromatic N) is 5. The maximum Gasteiger partial charge on any atom is 0.153 e. The summed E-state index contributed by atoms with van der Waals surface area (Å²) < 4.78 is 5.47. The van der Waals surface area contributed by atoms with E-state index in [1.54, 1.807) is 13.3 Å². The maximum atomic E-state index is 5.47. The Labute approximate surface area is 210 Å². The van der Waals surface area contributed by atoms with Gasteiger partial charge in [0.2, 0.25) is 0 Å². The number of pyridine rings is 3. The van der Waals surface area contributed by atoms with Crippen LogP contribution in [0.3, 0.4) is 0 Å². The van der Waals surface area contributed by atoms with Crippen LogP contribution in [0.5, 0.6) is 5.75 Å². The van der Waals surface area contributed by atoms with Gasteiger partial charge in [-0.05, 0) is 56.4 Å². The summed E-state index contributed by atoms with van der Waals surface area (Å²) in [5.74, 6) is 3.00. The van der Waals surface area contributed by atoms with Crippen LogP contribution in [-0.2, 0) is 6.54 Å². The maximum absolute atomic E-state index is 5.47. The summed E-state index contributed by atoms with van der Waals surface area (Å²) in [6.07, 6.45) is 11.5. The van der Waals surface area contributed by atoms with Crippen LogP contribution in [0.25, 0.3) is 10.9 Å². The molecule has 0 saturated carbocycles. The molecule has 186 valence electrons. The molecule has 2 bridgehead atoms. The number of hydrogen-bond acceptors (Lipinski definition) is 8. The number of fused-ring (bicyclic) bond motifs is 3. The third-order valence-corrected chi connectivity index (χ3v) is 7.43. The molecular formula is C27H32N8O. The Hall–Kier alpha value is -3.72. The highest BCUT2D eigenvalue weighted by Crippen LogP contribution is 2.37. The first-order valence-corrected chi connectivity index (χ1v) is 12.7. The van der Waals surface area contributed by atoms with Gasteiger partial charge in [-0.15, -0.1) is 0 Å². The van der Waals surface area contributed by atoms with Gasteiger partial charge in [-0.1, -0.05) is 6.42 Å². The van der Waals surface area contributed by atoms with E-state index < -0.39 is 0 Å². The number of aryl methyl sites for hydroxylation is 1. The Balaban J connectivity index is 1.26. The van der Waals surface area contributed by atoms with Crippen molar-refractivity contribution in [3.05, 3.63) is 60.2 Å². The number of rotatable bonds is 7. The van der Waals surface area contributed by atoms with E-state index in [1.165, 1.54) is 24.8 Å². The summed E-state index contributed by atoms with van der Waals surface area (Å²) in [5.41, 5.74) is 3.19. The zero-order chi connectivity index (χ0) is 24.5. The minimum absolute atomic E-state index is 0.346. The Morgan fingerprint density at radius 3 is 2.61 bits per heavy atom. The number of methoxy groups -OCH3 is 1. The van der Waals surface area contributed by atoms with E-state index in [1.807, 2.05) is 37.5 Å². The molecule has 2 aliphatic heterocycles. The summed E-state index contributed by atoms with van der Waals surface area (Å²) in [7, 11) is 1.67. The zero-order valence-corrected chi connectivity index (χ0v) is 20.7. The van der Waals surface area contributed by atoms with Gasteiger partial charge < -0.3 is 15.4 Å². The number of anilines is 3. The number of piperidine rings is 2. The van der Waals surface area contributed by atoms with Crippen molar-refractivity contribution in [2.24, 2.45) is 0 Å². The van der Waals surface area contributed by atoms with Gasteiger partial charge in [0.15, 0.2) is 5.82 Å². The highest BCUT2D eigenvalue weighted by Gasteiger charge is 2.38.